The highest BCUT2D eigenvalue weighted by molar-refractivity contribution is 5.92. The summed E-state index contributed by atoms with van der Waals surface area (Å²) < 4.78 is 53.7. The number of carbonyl (C=O) groups excluding carboxylic acids is 2. The zero-order valence-corrected chi connectivity index (χ0v) is 19.4. The van der Waals surface area contributed by atoms with Crippen molar-refractivity contribution in [3.05, 3.63) is 59.7 Å². The molecule has 2 aromatic heterocycles. The van der Waals surface area contributed by atoms with Gasteiger partial charge in [0.05, 0.1) is 19.3 Å². The quantitative estimate of drug-likeness (QED) is 0.548. The third kappa shape index (κ3) is 5.40. The van der Waals surface area contributed by atoms with Crippen molar-refractivity contribution in [2.24, 2.45) is 0 Å². The fourth-order valence-electron chi connectivity index (χ4n) is 4.21. The highest BCUT2D eigenvalue weighted by Gasteiger charge is 2.39. The predicted molar refractivity (Wildman–Crippen MR) is 120 cm³/mol. The second-order valence-electron chi connectivity index (χ2n) is 8.58. The Labute approximate surface area is 208 Å². The van der Waals surface area contributed by atoms with Crippen LogP contribution >= 0.6 is 0 Å². The number of morpholine rings is 1. The van der Waals surface area contributed by atoms with Gasteiger partial charge in [0.15, 0.2) is 6.10 Å². The van der Waals surface area contributed by atoms with Gasteiger partial charge < -0.3 is 24.2 Å². The maximum Gasteiger partial charge on any atom is 0.471 e. The van der Waals surface area contributed by atoms with E-state index in [1.165, 1.54) is 18.3 Å². The lowest BCUT2D eigenvalue weighted by Gasteiger charge is -2.38. The molecule has 2 amide bonds. The van der Waals surface area contributed by atoms with Crippen LogP contribution in [-0.2, 0) is 22.1 Å². The number of fused-ring (bicyclic) bond motifs is 1. The smallest absolute Gasteiger partial charge is 0.471 e. The fourth-order valence-corrected chi connectivity index (χ4v) is 4.21. The third-order valence-electron chi connectivity index (χ3n) is 6.12. The molecular formula is C24H22F3N5O5. The average molecular weight is 517 g/mol. The lowest BCUT2D eigenvalue weighted by Crippen LogP contribution is -2.57. The van der Waals surface area contributed by atoms with E-state index in [2.05, 4.69) is 25.0 Å². The van der Waals surface area contributed by atoms with Crippen molar-refractivity contribution < 1.29 is 36.8 Å². The Hall–Kier alpha value is -4.00. The second kappa shape index (κ2) is 10.2. The van der Waals surface area contributed by atoms with Crippen LogP contribution in [0.1, 0.15) is 28.4 Å². The molecule has 10 nitrogen and oxygen atoms in total. The van der Waals surface area contributed by atoms with E-state index in [0.29, 0.717) is 25.3 Å². The van der Waals surface area contributed by atoms with Gasteiger partial charge in [-0.05, 0) is 36.6 Å². The molecule has 1 unspecified atom stereocenters. The molecule has 0 spiro atoms. The van der Waals surface area contributed by atoms with Crippen molar-refractivity contribution >= 4 is 11.8 Å². The summed E-state index contributed by atoms with van der Waals surface area (Å²) in [5, 5.41) is 6.03. The number of nitrogens with one attached hydrogen (secondary N) is 1. The van der Waals surface area contributed by atoms with Crippen molar-refractivity contribution in [3.63, 3.8) is 0 Å². The number of halogens is 3. The number of hydrogen-bond donors (Lipinski definition) is 1. The lowest BCUT2D eigenvalue weighted by molar-refractivity contribution is -0.159. The minimum atomic E-state index is -4.76. The summed E-state index contributed by atoms with van der Waals surface area (Å²) in [6, 6.07) is 9.92. The Morgan fingerprint density at radius 3 is 2.76 bits per heavy atom. The van der Waals surface area contributed by atoms with Crippen LogP contribution in [0.15, 0.2) is 47.1 Å². The molecule has 2 aliphatic rings. The minimum Gasteiger partial charge on any atom is -0.480 e. The van der Waals surface area contributed by atoms with E-state index in [1.54, 1.807) is 4.90 Å². The van der Waals surface area contributed by atoms with E-state index in [9.17, 15) is 22.8 Å². The summed E-state index contributed by atoms with van der Waals surface area (Å²) >= 11 is 0. The standard InChI is InChI=1S/C24H22F3N5O5/c25-24(26,27)23-30-20(31-37-23)15-5-7-17(28-11-15)21(33)29-12-16-13-35-10-9-32(16)22(34)19-8-6-14-3-1-2-4-18(14)36-19/h1-5,7,11,16,19H,6,8-10,12-13H2,(H,29,33)/t16-,19?/m0/s1. The number of hydrogen-bond acceptors (Lipinski definition) is 8. The van der Waals surface area contributed by atoms with Crippen LogP contribution in [0.4, 0.5) is 13.2 Å². The maximum absolute atomic E-state index is 13.3. The summed E-state index contributed by atoms with van der Waals surface area (Å²) in [4.78, 5) is 34.9. The summed E-state index contributed by atoms with van der Waals surface area (Å²) in [6.07, 6.45) is -2.89. The molecule has 194 valence electrons. The number of aryl methyl sites for hydroxylation is 1. The highest BCUT2D eigenvalue weighted by atomic mass is 19.4. The number of carbonyl (C=O) groups is 2. The molecule has 13 heteroatoms. The zero-order valence-electron chi connectivity index (χ0n) is 19.4. The van der Waals surface area contributed by atoms with Crippen LogP contribution in [0.5, 0.6) is 5.75 Å². The normalized spacial score (nSPS) is 19.6. The molecule has 2 atom stereocenters. The Balaban J connectivity index is 1.19. The lowest BCUT2D eigenvalue weighted by atomic mass is 10.0. The van der Waals surface area contributed by atoms with Gasteiger partial charge in [-0.2, -0.15) is 18.2 Å². The Kier molecular flexibility index (Phi) is 6.78. The first kappa shape index (κ1) is 24.7. The van der Waals surface area contributed by atoms with E-state index in [0.717, 1.165) is 12.0 Å². The molecule has 0 aliphatic carbocycles. The highest BCUT2D eigenvalue weighted by Crippen LogP contribution is 2.30. The van der Waals surface area contributed by atoms with Crippen LogP contribution in [0, 0.1) is 0 Å². The number of ether oxygens (including phenoxy) is 2. The van der Waals surface area contributed by atoms with Crippen molar-refractivity contribution in [1.29, 1.82) is 0 Å². The van der Waals surface area contributed by atoms with Crippen LogP contribution in [-0.4, -0.2) is 70.3 Å². The Morgan fingerprint density at radius 1 is 1.16 bits per heavy atom. The van der Waals surface area contributed by atoms with E-state index >= 15 is 0 Å². The summed E-state index contributed by atoms with van der Waals surface area (Å²) in [5.41, 5.74) is 1.25. The minimum absolute atomic E-state index is 0.0325. The summed E-state index contributed by atoms with van der Waals surface area (Å²) in [7, 11) is 0. The molecule has 3 aromatic rings. The number of rotatable bonds is 5. The Bertz CT molecular complexity index is 1280. The summed E-state index contributed by atoms with van der Waals surface area (Å²) in [5.74, 6) is -1.74. The molecule has 4 heterocycles. The fraction of sp³-hybridized carbons (Fsp3) is 0.375. The first-order chi connectivity index (χ1) is 17.8. The number of alkyl halides is 3. The Morgan fingerprint density at radius 2 is 2.00 bits per heavy atom. The van der Waals surface area contributed by atoms with Gasteiger partial charge in [-0.3, -0.25) is 14.6 Å². The number of aromatic nitrogens is 3. The predicted octanol–water partition coefficient (Wildman–Crippen LogP) is 2.50. The number of nitrogens with zero attached hydrogens (tertiary/aromatic N) is 4. The van der Waals surface area contributed by atoms with E-state index in [-0.39, 0.29) is 36.1 Å². The van der Waals surface area contributed by atoms with Crippen LogP contribution in [0.25, 0.3) is 11.4 Å². The molecular weight excluding hydrogens is 495 g/mol. The molecule has 1 aromatic carbocycles. The molecule has 1 fully saturated rings. The van der Waals surface area contributed by atoms with Gasteiger partial charge in [-0.1, -0.05) is 23.4 Å². The number of amides is 2. The second-order valence-corrected chi connectivity index (χ2v) is 8.58. The molecule has 1 N–H and O–H groups in total. The molecule has 37 heavy (non-hydrogen) atoms. The molecule has 0 radical (unpaired) electrons. The van der Waals surface area contributed by atoms with Gasteiger partial charge in [0.1, 0.15) is 11.4 Å². The number of para-hydroxylation sites is 1. The van der Waals surface area contributed by atoms with Gasteiger partial charge in [0, 0.05) is 24.8 Å². The van der Waals surface area contributed by atoms with Gasteiger partial charge in [0.25, 0.3) is 11.8 Å². The summed E-state index contributed by atoms with van der Waals surface area (Å²) in [6.45, 7) is 1.13. The molecule has 0 bridgehead atoms. The van der Waals surface area contributed by atoms with E-state index in [4.69, 9.17) is 9.47 Å². The SMILES string of the molecule is O=C(NC[C@H]1COCCN1C(=O)C1CCc2ccccc2O1)c1ccc(-c2noc(C(F)(F)F)n2)cn1. The first-order valence-corrected chi connectivity index (χ1v) is 11.6. The average Bonchev–Trinajstić information content (AvgIpc) is 3.43. The van der Waals surface area contributed by atoms with Gasteiger partial charge in [-0.25, -0.2) is 0 Å². The van der Waals surface area contributed by atoms with Crippen LogP contribution in [0.2, 0.25) is 0 Å². The third-order valence-corrected chi connectivity index (χ3v) is 6.12. The van der Waals surface area contributed by atoms with E-state index < -0.39 is 30.1 Å². The zero-order chi connectivity index (χ0) is 26.0. The van der Waals surface area contributed by atoms with Gasteiger partial charge >= 0.3 is 12.1 Å². The van der Waals surface area contributed by atoms with E-state index in [1.807, 2.05) is 24.3 Å². The van der Waals surface area contributed by atoms with Gasteiger partial charge in [0.2, 0.25) is 5.82 Å². The van der Waals surface area contributed by atoms with Crippen molar-refractivity contribution in [2.75, 3.05) is 26.3 Å². The van der Waals surface area contributed by atoms with Crippen molar-refractivity contribution in [1.82, 2.24) is 25.3 Å². The number of pyridine rings is 1. The first-order valence-electron chi connectivity index (χ1n) is 11.6. The largest absolute Gasteiger partial charge is 0.480 e. The van der Waals surface area contributed by atoms with Crippen molar-refractivity contribution in [2.45, 2.75) is 31.2 Å². The monoisotopic (exact) mass is 517 g/mol. The number of benzene rings is 1. The molecule has 5 rings (SSSR count). The van der Waals surface area contributed by atoms with Crippen LogP contribution < -0.4 is 10.1 Å². The molecule has 2 aliphatic heterocycles. The van der Waals surface area contributed by atoms with Crippen LogP contribution in [0.3, 0.4) is 0 Å². The topological polar surface area (TPSA) is 120 Å². The molecule has 1 saturated heterocycles. The molecule has 0 saturated carbocycles. The van der Waals surface area contributed by atoms with Gasteiger partial charge in [-0.15, -0.1) is 0 Å². The van der Waals surface area contributed by atoms with Crippen molar-refractivity contribution in [3.8, 4) is 17.1 Å². The maximum atomic E-state index is 13.3.